The number of piperidine rings is 1. The van der Waals surface area contributed by atoms with Crippen LogP contribution in [-0.2, 0) is 4.79 Å². The Morgan fingerprint density at radius 1 is 1.13 bits per heavy atom. The molecule has 0 bridgehead atoms. The average molecular weight is 420 g/mol. The molecule has 1 saturated heterocycles. The maximum absolute atomic E-state index is 13.2. The van der Waals surface area contributed by atoms with Gasteiger partial charge in [-0.25, -0.2) is 19.0 Å². The molecule has 160 valence electrons. The van der Waals surface area contributed by atoms with E-state index in [1.807, 2.05) is 13.8 Å². The summed E-state index contributed by atoms with van der Waals surface area (Å²) in [5.74, 6) is 0.322. The van der Waals surface area contributed by atoms with E-state index >= 15 is 0 Å². The van der Waals surface area contributed by atoms with E-state index in [-0.39, 0.29) is 17.8 Å². The quantitative estimate of drug-likeness (QED) is 0.642. The van der Waals surface area contributed by atoms with Crippen LogP contribution in [-0.4, -0.2) is 44.8 Å². The van der Waals surface area contributed by atoms with Gasteiger partial charge < -0.3 is 10.2 Å². The number of rotatable bonds is 5. The summed E-state index contributed by atoms with van der Waals surface area (Å²) in [6.07, 6.45) is 8.52. The number of aryl methyl sites for hydroxylation is 1. The average Bonchev–Trinajstić information content (AvgIpc) is 3.07. The lowest BCUT2D eigenvalue weighted by atomic mass is 10.1. The third-order valence-electron chi connectivity index (χ3n) is 5.50. The molecule has 1 amide bonds. The first-order valence-electron chi connectivity index (χ1n) is 10.3. The Morgan fingerprint density at radius 2 is 1.81 bits per heavy atom. The lowest BCUT2D eigenvalue weighted by Crippen LogP contribution is -2.44. The zero-order valence-electron chi connectivity index (χ0n) is 17.6. The summed E-state index contributed by atoms with van der Waals surface area (Å²) in [5.41, 5.74) is 3.36. The summed E-state index contributed by atoms with van der Waals surface area (Å²) in [6.45, 7) is 5.44. The molecule has 1 fully saturated rings. The normalized spacial score (nSPS) is 14.9. The highest BCUT2D eigenvalue weighted by Crippen LogP contribution is 2.20. The predicted molar refractivity (Wildman–Crippen MR) is 117 cm³/mol. The van der Waals surface area contributed by atoms with Crippen molar-refractivity contribution in [1.82, 2.24) is 25.1 Å². The first-order valence-corrected chi connectivity index (χ1v) is 10.3. The molecule has 0 unspecified atom stereocenters. The second kappa shape index (κ2) is 9.07. The Bertz CT molecular complexity index is 1070. The molecule has 31 heavy (non-hydrogen) atoms. The first-order chi connectivity index (χ1) is 15.0. The number of amides is 1. The van der Waals surface area contributed by atoms with E-state index in [0.29, 0.717) is 0 Å². The number of aromatic nitrogens is 4. The minimum atomic E-state index is -0.288. The van der Waals surface area contributed by atoms with E-state index in [9.17, 15) is 9.18 Å². The van der Waals surface area contributed by atoms with Gasteiger partial charge in [-0.05, 0) is 63.1 Å². The molecule has 0 aliphatic carbocycles. The summed E-state index contributed by atoms with van der Waals surface area (Å²) in [7, 11) is 0. The molecule has 3 heterocycles. The molecule has 0 saturated carbocycles. The van der Waals surface area contributed by atoms with Gasteiger partial charge in [0.05, 0.1) is 11.4 Å². The van der Waals surface area contributed by atoms with Gasteiger partial charge in [-0.1, -0.05) is 0 Å². The van der Waals surface area contributed by atoms with Crippen LogP contribution in [0.15, 0.2) is 48.8 Å². The van der Waals surface area contributed by atoms with Crippen molar-refractivity contribution in [3.8, 4) is 5.69 Å². The minimum Gasteiger partial charge on any atom is -0.350 e. The Labute approximate surface area is 180 Å². The van der Waals surface area contributed by atoms with Crippen LogP contribution >= 0.6 is 0 Å². The SMILES string of the molecule is Cc1nn(-c2ccc(F)cc2)c(C)c1/C=C/C(=O)NC1CCN(c2ncccn2)CC1. The van der Waals surface area contributed by atoms with Crippen LogP contribution in [0.5, 0.6) is 0 Å². The Balaban J connectivity index is 1.36. The number of hydrogen-bond acceptors (Lipinski definition) is 5. The second-order valence-electron chi connectivity index (χ2n) is 7.62. The van der Waals surface area contributed by atoms with Gasteiger partial charge in [0, 0.05) is 48.9 Å². The van der Waals surface area contributed by atoms with E-state index in [0.717, 1.165) is 54.5 Å². The van der Waals surface area contributed by atoms with Crippen molar-refractivity contribution in [2.75, 3.05) is 18.0 Å². The van der Waals surface area contributed by atoms with E-state index in [2.05, 4.69) is 25.3 Å². The summed E-state index contributed by atoms with van der Waals surface area (Å²) in [4.78, 5) is 23.2. The van der Waals surface area contributed by atoms with Crippen LogP contribution in [0.2, 0.25) is 0 Å². The third kappa shape index (κ3) is 4.79. The Morgan fingerprint density at radius 3 is 2.48 bits per heavy atom. The van der Waals surface area contributed by atoms with Crippen molar-refractivity contribution in [3.63, 3.8) is 0 Å². The number of nitrogens with zero attached hydrogens (tertiary/aromatic N) is 5. The lowest BCUT2D eigenvalue weighted by Gasteiger charge is -2.32. The fourth-order valence-electron chi connectivity index (χ4n) is 3.82. The largest absolute Gasteiger partial charge is 0.350 e. The van der Waals surface area contributed by atoms with E-state index in [1.165, 1.54) is 12.1 Å². The second-order valence-corrected chi connectivity index (χ2v) is 7.62. The van der Waals surface area contributed by atoms with Crippen molar-refractivity contribution < 1.29 is 9.18 Å². The maximum atomic E-state index is 13.2. The molecule has 8 heteroatoms. The number of benzene rings is 1. The van der Waals surface area contributed by atoms with Gasteiger partial charge in [0.15, 0.2) is 0 Å². The van der Waals surface area contributed by atoms with Crippen molar-refractivity contribution in [2.24, 2.45) is 0 Å². The molecule has 1 N–H and O–H groups in total. The summed E-state index contributed by atoms with van der Waals surface area (Å²) in [5, 5.41) is 7.62. The Kier molecular flexibility index (Phi) is 6.06. The Hall–Kier alpha value is -3.55. The standard InChI is InChI=1S/C23H25FN6O/c1-16-21(17(2)30(28-16)20-6-4-18(24)5-7-20)8-9-22(31)27-19-10-14-29(15-11-19)23-25-12-3-13-26-23/h3-9,12-13,19H,10-11,14-15H2,1-2H3,(H,27,31)/b9-8+. The highest BCUT2D eigenvalue weighted by Gasteiger charge is 2.21. The van der Waals surface area contributed by atoms with Crippen LogP contribution in [0.1, 0.15) is 29.8 Å². The predicted octanol–water partition coefficient (Wildman–Crippen LogP) is 3.22. The van der Waals surface area contributed by atoms with Crippen molar-refractivity contribution in [3.05, 3.63) is 71.6 Å². The van der Waals surface area contributed by atoms with Gasteiger partial charge in [-0.15, -0.1) is 0 Å². The fourth-order valence-corrected chi connectivity index (χ4v) is 3.82. The van der Waals surface area contributed by atoms with Gasteiger partial charge in [-0.3, -0.25) is 4.79 Å². The number of anilines is 1. The molecule has 0 spiro atoms. The van der Waals surface area contributed by atoms with Crippen molar-refractivity contribution in [2.45, 2.75) is 32.7 Å². The molecule has 1 aliphatic rings. The van der Waals surface area contributed by atoms with Gasteiger partial charge in [0.1, 0.15) is 5.82 Å². The van der Waals surface area contributed by atoms with Crippen molar-refractivity contribution in [1.29, 1.82) is 0 Å². The summed E-state index contributed by atoms with van der Waals surface area (Å²) < 4.78 is 15.0. The van der Waals surface area contributed by atoms with Crippen molar-refractivity contribution >= 4 is 17.9 Å². The highest BCUT2D eigenvalue weighted by molar-refractivity contribution is 5.92. The van der Waals surface area contributed by atoms with Crippen LogP contribution in [0.3, 0.4) is 0 Å². The lowest BCUT2D eigenvalue weighted by molar-refractivity contribution is -0.117. The molecule has 7 nitrogen and oxygen atoms in total. The van der Waals surface area contributed by atoms with Crippen LogP contribution in [0, 0.1) is 19.7 Å². The number of carbonyl (C=O) groups excluding carboxylic acids is 1. The molecular formula is C23H25FN6O. The molecule has 3 aromatic rings. The number of nitrogens with one attached hydrogen (secondary N) is 1. The van der Waals surface area contributed by atoms with Gasteiger partial charge >= 0.3 is 0 Å². The number of carbonyl (C=O) groups is 1. The van der Waals surface area contributed by atoms with Gasteiger partial charge in [-0.2, -0.15) is 5.10 Å². The summed E-state index contributed by atoms with van der Waals surface area (Å²) in [6, 6.07) is 8.11. The van der Waals surface area contributed by atoms with Gasteiger partial charge in [0.25, 0.3) is 0 Å². The molecular weight excluding hydrogens is 395 g/mol. The first kappa shape index (κ1) is 20.7. The van der Waals surface area contributed by atoms with Crippen LogP contribution < -0.4 is 10.2 Å². The van der Waals surface area contributed by atoms with Crippen LogP contribution in [0.4, 0.5) is 10.3 Å². The molecule has 1 aliphatic heterocycles. The zero-order valence-corrected chi connectivity index (χ0v) is 17.6. The zero-order chi connectivity index (χ0) is 21.8. The van der Waals surface area contributed by atoms with Gasteiger partial charge in [0.2, 0.25) is 11.9 Å². The van der Waals surface area contributed by atoms with Crippen LogP contribution in [0.25, 0.3) is 11.8 Å². The maximum Gasteiger partial charge on any atom is 0.244 e. The minimum absolute atomic E-state index is 0.122. The molecule has 4 rings (SSSR count). The molecule has 2 aromatic heterocycles. The molecule has 0 atom stereocenters. The molecule has 1 aromatic carbocycles. The third-order valence-corrected chi connectivity index (χ3v) is 5.50. The van der Waals surface area contributed by atoms with E-state index < -0.39 is 0 Å². The fraction of sp³-hybridized carbons (Fsp3) is 0.304. The number of halogens is 1. The number of hydrogen-bond donors (Lipinski definition) is 1. The van der Waals surface area contributed by atoms with E-state index in [1.54, 1.807) is 47.4 Å². The van der Waals surface area contributed by atoms with E-state index in [4.69, 9.17) is 0 Å². The smallest absolute Gasteiger partial charge is 0.244 e. The monoisotopic (exact) mass is 420 g/mol. The molecule has 0 radical (unpaired) electrons. The topological polar surface area (TPSA) is 75.9 Å². The summed E-state index contributed by atoms with van der Waals surface area (Å²) >= 11 is 0. The highest BCUT2D eigenvalue weighted by atomic mass is 19.1.